The lowest BCUT2D eigenvalue weighted by Gasteiger charge is -2.28. The van der Waals surface area contributed by atoms with Gasteiger partial charge in [-0.2, -0.15) is 0 Å². The fourth-order valence-electron chi connectivity index (χ4n) is 3.65. The van der Waals surface area contributed by atoms with Crippen LogP contribution in [0.5, 0.6) is 0 Å². The van der Waals surface area contributed by atoms with Crippen molar-refractivity contribution < 1.29 is 0 Å². The number of fused-ring (bicyclic) bond motifs is 1. The molecule has 0 unspecified atom stereocenters. The molecule has 1 aromatic heterocycles. The molecule has 2 N–H and O–H groups in total. The topological polar surface area (TPSA) is 51.8 Å². The normalized spacial score (nSPS) is 27.0. The molecule has 1 heterocycles. The van der Waals surface area contributed by atoms with Crippen molar-refractivity contribution in [2.75, 3.05) is 5.73 Å². The van der Waals surface area contributed by atoms with Crippen LogP contribution in [0, 0.1) is 5.92 Å². The molecule has 1 fully saturated rings. The Morgan fingerprint density at radius 1 is 1.05 bits per heavy atom. The molecule has 104 valence electrons. The minimum atomic E-state index is 0.553. The molecule has 1 aromatic rings. The smallest absolute Gasteiger partial charge is 0.134 e. The van der Waals surface area contributed by atoms with E-state index in [1.807, 2.05) is 0 Å². The summed E-state index contributed by atoms with van der Waals surface area (Å²) in [5.74, 6) is 3.27. The van der Waals surface area contributed by atoms with Crippen molar-refractivity contribution in [1.29, 1.82) is 0 Å². The van der Waals surface area contributed by atoms with Gasteiger partial charge >= 0.3 is 0 Å². The molecule has 1 saturated carbocycles. The maximum atomic E-state index is 6.15. The van der Waals surface area contributed by atoms with Crippen LogP contribution in [0.3, 0.4) is 0 Å². The second-order valence-corrected chi connectivity index (χ2v) is 6.23. The van der Waals surface area contributed by atoms with Gasteiger partial charge in [0.2, 0.25) is 0 Å². The molecular formula is C16H25N3. The van der Waals surface area contributed by atoms with E-state index in [2.05, 4.69) is 11.9 Å². The van der Waals surface area contributed by atoms with Crippen LogP contribution in [0.4, 0.5) is 5.82 Å². The first kappa shape index (κ1) is 12.9. The first-order valence-electron chi connectivity index (χ1n) is 7.93. The average Bonchev–Trinajstić information content (AvgIpc) is 2.47. The van der Waals surface area contributed by atoms with Crippen molar-refractivity contribution in [3.63, 3.8) is 0 Å². The Bertz CT molecular complexity index is 448. The Hall–Kier alpha value is -1.12. The predicted molar refractivity (Wildman–Crippen MR) is 78.1 cm³/mol. The van der Waals surface area contributed by atoms with Gasteiger partial charge in [-0.05, 0) is 57.3 Å². The summed E-state index contributed by atoms with van der Waals surface area (Å²) in [5, 5.41) is 0. The van der Waals surface area contributed by atoms with Gasteiger partial charge in [-0.3, -0.25) is 0 Å². The third-order valence-corrected chi connectivity index (χ3v) is 5.02. The van der Waals surface area contributed by atoms with Crippen LogP contribution in [0.2, 0.25) is 0 Å². The Labute approximate surface area is 116 Å². The molecule has 3 heteroatoms. The molecular weight excluding hydrogens is 234 g/mol. The van der Waals surface area contributed by atoms with Crippen LogP contribution >= 0.6 is 0 Å². The fraction of sp³-hybridized carbons (Fsp3) is 0.750. The van der Waals surface area contributed by atoms with Crippen molar-refractivity contribution in [2.45, 2.75) is 70.6 Å². The minimum Gasteiger partial charge on any atom is -0.383 e. The highest BCUT2D eigenvalue weighted by atomic mass is 15.0. The van der Waals surface area contributed by atoms with Crippen LogP contribution in [-0.2, 0) is 12.8 Å². The van der Waals surface area contributed by atoms with E-state index in [4.69, 9.17) is 10.7 Å². The number of rotatable bonds is 2. The quantitative estimate of drug-likeness (QED) is 0.882. The van der Waals surface area contributed by atoms with Crippen LogP contribution in [0.1, 0.15) is 74.9 Å². The lowest BCUT2D eigenvalue weighted by Crippen LogP contribution is -2.18. The van der Waals surface area contributed by atoms with Gasteiger partial charge in [0.25, 0.3) is 0 Å². The molecule has 0 aliphatic heterocycles. The Balaban J connectivity index is 1.80. The van der Waals surface area contributed by atoms with Crippen LogP contribution in [0.25, 0.3) is 0 Å². The van der Waals surface area contributed by atoms with Gasteiger partial charge in [-0.15, -0.1) is 0 Å². The zero-order valence-electron chi connectivity index (χ0n) is 12.0. The van der Waals surface area contributed by atoms with Gasteiger partial charge < -0.3 is 5.73 Å². The lowest BCUT2D eigenvalue weighted by molar-refractivity contribution is 0.311. The van der Waals surface area contributed by atoms with Gasteiger partial charge in [0.1, 0.15) is 11.6 Å². The summed E-state index contributed by atoms with van der Waals surface area (Å²) in [4.78, 5) is 9.49. The summed E-state index contributed by atoms with van der Waals surface area (Å²) < 4.78 is 0. The number of nitrogens with zero attached hydrogens (tertiary/aromatic N) is 2. The number of aryl methyl sites for hydroxylation is 1. The van der Waals surface area contributed by atoms with Crippen molar-refractivity contribution in [3.8, 4) is 0 Å². The second kappa shape index (κ2) is 5.48. The largest absolute Gasteiger partial charge is 0.383 e. The van der Waals surface area contributed by atoms with Crippen LogP contribution in [-0.4, -0.2) is 9.97 Å². The standard InChI is InChI=1S/C16H25N3/c1-2-11-7-9-12(10-8-11)16-18-14-6-4-3-5-13(14)15(17)19-16/h11-12H,2-10H2,1H3,(H2,17,18,19). The Morgan fingerprint density at radius 3 is 2.53 bits per heavy atom. The number of hydrogen-bond donors (Lipinski definition) is 1. The van der Waals surface area contributed by atoms with E-state index in [1.165, 1.54) is 56.2 Å². The Kier molecular flexibility index (Phi) is 3.72. The summed E-state index contributed by atoms with van der Waals surface area (Å²) in [7, 11) is 0. The van der Waals surface area contributed by atoms with Crippen molar-refractivity contribution in [3.05, 3.63) is 17.1 Å². The molecule has 0 spiro atoms. The SMILES string of the molecule is CCC1CCC(c2nc(N)c3c(n2)CCCC3)CC1. The monoisotopic (exact) mass is 259 g/mol. The van der Waals surface area contributed by atoms with Gasteiger partial charge in [-0.25, -0.2) is 9.97 Å². The molecule has 0 atom stereocenters. The van der Waals surface area contributed by atoms with E-state index < -0.39 is 0 Å². The molecule has 0 bridgehead atoms. The number of nitrogen functional groups attached to an aromatic ring is 1. The third-order valence-electron chi connectivity index (χ3n) is 5.02. The summed E-state index contributed by atoms with van der Waals surface area (Å²) in [5.41, 5.74) is 8.63. The van der Waals surface area contributed by atoms with Crippen molar-refractivity contribution in [2.24, 2.45) is 5.92 Å². The summed E-state index contributed by atoms with van der Waals surface area (Å²) in [6, 6.07) is 0. The minimum absolute atomic E-state index is 0.553. The van der Waals surface area contributed by atoms with Crippen LogP contribution < -0.4 is 5.73 Å². The van der Waals surface area contributed by atoms with E-state index in [9.17, 15) is 0 Å². The van der Waals surface area contributed by atoms with E-state index in [0.29, 0.717) is 5.92 Å². The molecule has 0 radical (unpaired) electrons. The van der Waals surface area contributed by atoms with Crippen molar-refractivity contribution in [1.82, 2.24) is 9.97 Å². The molecule has 3 rings (SSSR count). The van der Waals surface area contributed by atoms with E-state index in [0.717, 1.165) is 30.4 Å². The predicted octanol–water partition coefficient (Wildman–Crippen LogP) is 3.62. The van der Waals surface area contributed by atoms with E-state index in [1.54, 1.807) is 0 Å². The van der Waals surface area contributed by atoms with Gasteiger partial charge in [-0.1, -0.05) is 13.3 Å². The molecule has 0 amide bonds. The fourth-order valence-corrected chi connectivity index (χ4v) is 3.65. The third kappa shape index (κ3) is 2.60. The van der Waals surface area contributed by atoms with E-state index in [-0.39, 0.29) is 0 Å². The van der Waals surface area contributed by atoms with Gasteiger partial charge in [0.05, 0.1) is 0 Å². The van der Waals surface area contributed by atoms with E-state index >= 15 is 0 Å². The molecule has 0 aromatic carbocycles. The van der Waals surface area contributed by atoms with Gasteiger partial charge in [0, 0.05) is 17.2 Å². The maximum Gasteiger partial charge on any atom is 0.134 e. The highest BCUT2D eigenvalue weighted by molar-refractivity contribution is 5.43. The first-order valence-corrected chi connectivity index (χ1v) is 7.93. The highest BCUT2D eigenvalue weighted by Crippen LogP contribution is 2.36. The molecule has 2 aliphatic carbocycles. The summed E-state index contributed by atoms with van der Waals surface area (Å²) in [6.07, 6.45) is 11.1. The molecule has 3 nitrogen and oxygen atoms in total. The molecule has 2 aliphatic rings. The number of anilines is 1. The lowest BCUT2D eigenvalue weighted by atomic mass is 9.80. The zero-order chi connectivity index (χ0) is 13.2. The van der Waals surface area contributed by atoms with Crippen LogP contribution in [0.15, 0.2) is 0 Å². The average molecular weight is 259 g/mol. The molecule has 0 saturated heterocycles. The number of aromatic nitrogens is 2. The van der Waals surface area contributed by atoms with Gasteiger partial charge in [0.15, 0.2) is 0 Å². The first-order chi connectivity index (χ1) is 9.28. The zero-order valence-corrected chi connectivity index (χ0v) is 12.0. The highest BCUT2D eigenvalue weighted by Gasteiger charge is 2.25. The number of hydrogen-bond acceptors (Lipinski definition) is 3. The summed E-state index contributed by atoms with van der Waals surface area (Å²) in [6.45, 7) is 2.30. The summed E-state index contributed by atoms with van der Waals surface area (Å²) >= 11 is 0. The molecule has 19 heavy (non-hydrogen) atoms. The second-order valence-electron chi connectivity index (χ2n) is 6.23. The number of nitrogens with two attached hydrogens (primary N) is 1. The Morgan fingerprint density at radius 2 is 1.79 bits per heavy atom. The van der Waals surface area contributed by atoms with Crippen molar-refractivity contribution >= 4 is 5.82 Å². The maximum absolute atomic E-state index is 6.15.